The summed E-state index contributed by atoms with van der Waals surface area (Å²) in [5.74, 6) is 1.42. The summed E-state index contributed by atoms with van der Waals surface area (Å²) in [5.41, 5.74) is 0.842. The van der Waals surface area contributed by atoms with Crippen molar-refractivity contribution < 1.29 is 13.5 Å². The SMILES string of the molecule is O=S1(=O)CCCC(c2cn3c(n2)CCCC3O)C1. The molecule has 1 aromatic rings. The van der Waals surface area contributed by atoms with Crippen molar-refractivity contribution in [3.05, 3.63) is 17.7 Å². The second kappa shape index (κ2) is 4.35. The van der Waals surface area contributed by atoms with E-state index in [4.69, 9.17) is 0 Å². The van der Waals surface area contributed by atoms with Crippen molar-refractivity contribution in [2.24, 2.45) is 0 Å². The summed E-state index contributed by atoms with van der Waals surface area (Å²) in [7, 11) is -2.91. The fourth-order valence-electron chi connectivity index (χ4n) is 2.93. The van der Waals surface area contributed by atoms with Crippen LogP contribution in [0, 0.1) is 0 Å². The molecule has 0 aliphatic carbocycles. The molecule has 0 spiro atoms. The van der Waals surface area contributed by atoms with E-state index in [2.05, 4.69) is 4.98 Å². The van der Waals surface area contributed by atoms with Crippen molar-refractivity contribution in [1.29, 1.82) is 0 Å². The molecule has 18 heavy (non-hydrogen) atoms. The lowest BCUT2D eigenvalue weighted by atomic mass is 10.0. The first-order valence-corrected chi connectivity index (χ1v) is 8.33. The second-order valence-electron chi connectivity index (χ2n) is 5.32. The first kappa shape index (κ1) is 12.2. The van der Waals surface area contributed by atoms with Crippen LogP contribution in [0.5, 0.6) is 0 Å². The Morgan fingerprint density at radius 3 is 2.89 bits per heavy atom. The number of hydrogen-bond donors (Lipinski definition) is 1. The van der Waals surface area contributed by atoms with Gasteiger partial charge in [-0.15, -0.1) is 0 Å². The van der Waals surface area contributed by atoms with Gasteiger partial charge in [0.15, 0.2) is 9.84 Å². The van der Waals surface area contributed by atoms with Crippen molar-refractivity contribution in [1.82, 2.24) is 9.55 Å². The number of nitrogens with zero attached hydrogens (tertiary/aromatic N) is 2. The number of fused-ring (bicyclic) bond motifs is 1. The lowest BCUT2D eigenvalue weighted by molar-refractivity contribution is 0.0780. The molecule has 1 fully saturated rings. The molecular weight excluding hydrogens is 252 g/mol. The fraction of sp³-hybridized carbons (Fsp3) is 0.750. The molecule has 1 aromatic heterocycles. The van der Waals surface area contributed by atoms with Gasteiger partial charge in [-0.05, 0) is 25.7 Å². The molecule has 0 bridgehead atoms. The minimum Gasteiger partial charge on any atom is -0.373 e. The molecule has 2 unspecified atom stereocenters. The third kappa shape index (κ3) is 2.19. The summed E-state index contributed by atoms with van der Waals surface area (Å²) in [6, 6.07) is 0. The molecule has 3 rings (SSSR count). The minimum absolute atomic E-state index is 0.00838. The molecule has 2 aliphatic heterocycles. The van der Waals surface area contributed by atoms with Gasteiger partial charge in [0.25, 0.3) is 0 Å². The molecule has 0 radical (unpaired) electrons. The minimum atomic E-state index is -2.91. The zero-order chi connectivity index (χ0) is 12.8. The Kier molecular flexibility index (Phi) is 2.94. The number of sulfone groups is 1. The zero-order valence-electron chi connectivity index (χ0n) is 10.2. The quantitative estimate of drug-likeness (QED) is 0.826. The number of hydrogen-bond acceptors (Lipinski definition) is 4. The van der Waals surface area contributed by atoms with Crippen LogP contribution in [0.15, 0.2) is 6.20 Å². The van der Waals surface area contributed by atoms with Crippen molar-refractivity contribution in [3.8, 4) is 0 Å². The predicted molar refractivity (Wildman–Crippen MR) is 67.0 cm³/mol. The Bertz CT molecular complexity index is 550. The van der Waals surface area contributed by atoms with Crippen LogP contribution in [-0.4, -0.2) is 34.6 Å². The van der Waals surface area contributed by atoms with Gasteiger partial charge in [-0.3, -0.25) is 0 Å². The Hall–Kier alpha value is -0.880. The van der Waals surface area contributed by atoms with Crippen molar-refractivity contribution in [3.63, 3.8) is 0 Å². The number of imidazole rings is 1. The lowest BCUT2D eigenvalue weighted by Crippen LogP contribution is -2.23. The normalized spacial score (nSPS) is 30.9. The van der Waals surface area contributed by atoms with Gasteiger partial charge in [-0.2, -0.15) is 0 Å². The lowest BCUT2D eigenvalue weighted by Gasteiger charge is -2.20. The molecule has 0 aromatic carbocycles. The zero-order valence-corrected chi connectivity index (χ0v) is 11.1. The highest BCUT2D eigenvalue weighted by Gasteiger charge is 2.29. The highest BCUT2D eigenvalue weighted by Crippen LogP contribution is 2.30. The number of rotatable bonds is 1. The van der Waals surface area contributed by atoms with Crippen LogP contribution >= 0.6 is 0 Å². The van der Waals surface area contributed by atoms with Crippen LogP contribution in [0.25, 0.3) is 0 Å². The second-order valence-corrected chi connectivity index (χ2v) is 7.54. The van der Waals surface area contributed by atoms with E-state index in [1.165, 1.54) is 0 Å². The maximum atomic E-state index is 11.7. The van der Waals surface area contributed by atoms with Gasteiger partial charge in [-0.1, -0.05) is 0 Å². The standard InChI is InChI=1S/C12H18N2O3S/c15-12-5-1-4-11-13-10(7-14(11)12)9-3-2-6-18(16,17)8-9/h7,9,12,15H,1-6,8H2. The molecule has 1 N–H and O–H groups in total. The smallest absolute Gasteiger partial charge is 0.150 e. The van der Waals surface area contributed by atoms with Crippen LogP contribution in [-0.2, 0) is 16.3 Å². The third-order valence-corrected chi connectivity index (χ3v) is 5.71. The van der Waals surface area contributed by atoms with E-state index in [1.54, 1.807) is 4.57 Å². The Balaban J connectivity index is 1.89. The van der Waals surface area contributed by atoms with E-state index in [0.29, 0.717) is 5.75 Å². The first-order chi connectivity index (χ1) is 8.55. The molecule has 5 nitrogen and oxygen atoms in total. The molecule has 100 valence electrons. The van der Waals surface area contributed by atoms with Gasteiger partial charge in [-0.25, -0.2) is 13.4 Å². The van der Waals surface area contributed by atoms with E-state index < -0.39 is 16.1 Å². The molecule has 6 heteroatoms. The molecule has 1 saturated heterocycles. The topological polar surface area (TPSA) is 72.2 Å². The molecule has 0 amide bonds. The van der Waals surface area contributed by atoms with Crippen LogP contribution in [0.4, 0.5) is 0 Å². The first-order valence-electron chi connectivity index (χ1n) is 6.51. The summed E-state index contributed by atoms with van der Waals surface area (Å²) in [6.07, 6.45) is 5.53. The molecule has 0 saturated carbocycles. The van der Waals surface area contributed by atoms with Crippen LogP contribution < -0.4 is 0 Å². The van der Waals surface area contributed by atoms with E-state index in [9.17, 15) is 13.5 Å². The Morgan fingerprint density at radius 1 is 1.33 bits per heavy atom. The van der Waals surface area contributed by atoms with Gasteiger partial charge in [0, 0.05) is 18.5 Å². The molecular formula is C12H18N2O3S. The summed E-state index contributed by atoms with van der Waals surface area (Å²) in [6.45, 7) is 0. The van der Waals surface area contributed by atoms with E-state index >= 15 is 0 Å². The third-order valence-electron chi connectivity index (χ3n) is 3.89. The number of aliphatic hydroxyl groups excluding tert-OH is 1. The van der Waals surface area contributed by atoms with Gasteiger partial charge >= 0.3 is 0 Å². The average molecular weight is 270 g/mol. The maximum absolute atomic E-state index is 11.7. The summed E-state index contributed by atoms with van der Waals surface area (Å²) >= 11 is 0. The van der Waals surface area contributed by atoms with Gasteiger partial charge in [0.05, 0.1) is 17.2 Å². The van der Waals surface area contributed by atoms with E-state index in [-0.39, 0.29) is 11.7 Å². The van der Waals surface area contributed by atoms with Crippen LogP contribution in [0.3, 0.4) is 0 Å². The van der Waals surface area contributed by atoms with E-state index in [0.717, 1.165) is 43.6 Å². The molecule has 3 heterocycles. The van der Waals surface area contributed by atoms with Crippen LogP contribution in [0.1, 0.15) is 49.3 Å². The fourth-order valence-corrected chi connectivity index (χ4v) is 4.65. The largest absolute Gasteiger partial charge is 0.373 e. The molecule has 2 atom stereocenters. The van der Waals surface area contributed by atoms with E-state index in [1.807, 2.05) is 6.20 Å². The average Bonchev–Trinajstić information content (AvgIpc) is 2.73. The Morgan fingerprint density at radius 2 is 2.17 bits per heavy atom. The van der Waals surface area contributed by atoms with Gasteiger partial charge in [0.1, 0.15) is 12.1 Å². The Labute approximate surface area is 107 Å². The predicted octanol–water partition coefficient (Wildman–Crippen LogP) is 1.00. The number of aliphatic hydroxyl groups is 1. The van der Waals surface area contributed by atoms with Crippen molar-refractivity contribution in [2.75, 3.05) is 11.5 Å². The molecule has 2 aliphatic rings. The van der Waals surface area contributed by atoms with Gasteiger partial charge in [0.2, 0.25) is 0 Å². The number of aryl methyl sites for hydroxylation is 1. The van der Waals surface area contributed by atoms with Gasteiger partial charge < -0.3 is 9.67 Å². The van der Waals surface area contributed by atoms with Crippen molar-refractivity contribution >= 4 is 9.84 Å². The summed E-state index contributed by atoms with van der Waals surface area (Å²) in [4.78, 5) is 4.53. The van der Waals surface area contributed by atoms with Crippen molar-refractivity contribution in [2.45, 2.75) is 44.2 Å². The summed E-state index contributed by atoms with van der Waals surface area (Å²) < 4.78 is 25.1. The monoisotopic (exact) mass is 270 g/mol. The highest BCUT2D eigenvalue weighted by molar-refractivity contribution is 7.91. The van der Waals surface area contributed by atoms with Crippen LogP contribution in [0.2, 0.25) is 0 Å². The maximum Gasteiger partial charge on any atom is 0.150 e. The highest BCUT2D eigenvalue weighted by atomic mass is 32.2. The summed E-state index contributed by atoms with van der Waals surface area (Å²) in [5, 5.41) is 9.88. The number of aromatic nitrogens is 2.